The van der Waals surface area contributed by atoms with E-state index in [9.17, 15) is 14.4 Å². The first-order chi connectivity index (χ1) is 9.08. The van der Waals surface area contributed by atoms with Crippen molar-refractivity contribution in [2.45, 2.75) is 32.1 Å². The van der Waals surface area contributed by atoms with Gasteiger partial charge in [-0.2, -0.15) is 0 Å². The van der Waals surface area contributed by atoms with Crippen molar-refractivity contribution in [2.75, 3.05) is 12.4 Å². The fraction of sp³-hybridized carbons (Fsp3) is 0.583. The van der Waals surface area contributed by atoms with E-state index in [1.807, 2.05) is 0 Å². The van der Waals surface area contributed by atoms with E-state index in [-0.39, 0.29) is 29.6 Å². The molecule has 1 saturated heterocycles. The molecule has 0 spiro atoms. The summed E-state index contributed by atoms with van der Waals surface area (Å²) in [7, 11) is 0. The van der Waals surface area contributed by atoms with Crippen molar-refractivity contribution in [2.24, 2.45) is 0 Å². The van der Waals surface area contributed by atoms with Gasteiger partial charge in [-0.05, 0) is 13.0 Å². The third kappa shape index (κ3) is 2.60. The molecule has 0 radical (unpaired) electrons. The number of fused-ring (bicyclic) bond motifs is 1. The number of nitrogens with zero attached hydrogens (tertiary/aromatic N) is 1. The molecule has 1 fully saturated rings. The molecule has 0 aromatic carbocycles. The summed E-state index contributed by atoms with van der Waals surface area (Å²) in [5, 5.41) is -0.164. The molecule has 0 N–H and O–H groups in total. The Balaban J connectivity index is 2.11. The molecule has 2 atom stereocenters. The number of carbonyl (C=O) groups excluding carboxylic acids is 3. The second-order valence-electron chi connectivity index (χ2n) is 4.17. The van der Waals surface area contributed by atoms with Crippen LogP contribution in [-0.2, 0) is 23.3 Å². The van der Waals surface area contributed by atoms with Crippen molar-refractivity contribution >= 4 is 29.0 Å². The standard InChI is InChI=1S/C12H17NO5S/c1-3-11(15)18-19-6-5-8(12(16)17-4-2)13-9(14)7-10(13)19/h5,10,19H,3-4,6-7H2,1-2H3. The topological polar surface area (TPSA) is 72.9 Å². The molecule has 0 aromatic rings. The smallest absolute Gasteiger partial charge is 0.354 e. The lowest BCUT2D eigenvalue weighted by Crippen LogP contribution is -2.55. The summed E-state index contributed by atoms with van der Waals surface area (Å²) in [4.78, 5) is 36.1. The van der Waals surface area contributed by atoms with Gasteiger partial charge in [-0.3, -0.25) is 14.5 Å². The summed E-state index contributed by atoms with van der Waals surface area (Å²) in [5.74, 6) is -0.372. The molecule has 0 aromatic heterocycles. The van der Waals surface area contributed by atoms with Crippen LogP contribution in [0.25, 0.3) is 0 Å². The Labute approximate surface area is 114 Å². The van der Waals surface area contributed by atoms with Crippen LogP contribution in [0, 0.1) is 0 Å². The number of β-lactam (4-membered cyclic amide) rings is 1. The highest BCUT2D eigenvalue weighted by molar-refractivity contribution is 8.13. The van der Waals surface area contributed by atoms with Crippen molar-refractivity contribution < 1.29 is 23.3 Å². The van der Waals surface area contributed by atoms with Gasteiger partial charge in [-0.25, -0.2) is 4.79 Å². The highest BCUT2D eigenvalue weighted by Gasteiger charge is 2.47. The van der Waals surface area contributed by atoms with Crippen molar-refractivity contribution in [3.05, 3.63) is 11.8 Å². The minimum atomic E-state index is -1.05. The van der Waals surface area contributed by atoms with Crippen LogP contribution in [0.3, 0.4) is 0 Å². The van der Waals surface area contributed by atoms with Crippen LogP contribution in [0.5, 0.6) is 0 Å². The third-order valence-corrected chi connectivity index (χ3v) is 5.03. The molecule has 0 aliphatic carbocycles. The van der Waals surface area contributed by atoms with Gasteiger partial charge < -0.3 is 8.92 Å². The summed E-state index contributed by atoms with van der Waals surface area (Å²) >= 11 is -1.05. The lowest BCUT2D eigenvalue weighted by atomic mass is 10.1. The van der Waals surface area contributed by atoms with E-state index in [1.54, 1.807) is 19.9 Å². The van der Waals surface area contributed by atoms with Gasteiger partial charge in [0, 0.05) is 12.2 Å². The van der Waals surface area contributed by atoms with E-state index in [0.717, 1.165) is 0 Å². The van der Waals surface area contributed by atoms with Gasteiger partial charge in [-0.15, -0.1) is 0 Å². The molecule has 2 aliphatic rings. The summed E-state index contributed by atoms with van der Waals surface area (Å²) in [5.41, 5.74) is 0.286. The second-order valence-corrected chi connectivity index (χ2v) is 6.15. The van der Waals surface area contributed by atoms with Gasteiger partial charge in [0.05, 0.1) is 13.0 Å². The van der Waals surface area contributed by atoms with Gasteiger partial charge >= 0.3 is 11.9 Å². The number of esters is 1. The molecule has 1 amide bonds. The van der Waals surface area contributed by atoms with Gasteiger partial charge in [0.1, 0.15) is 11.1 Å². The lowest BCUT2D eigenvalue weighted by molar-refractivity contribution is -0.149. The zero-order valence-electron chi connectivity index (χ0n) is 10.9. The molecule has 0 saturated carbocycles. The van der Waals surface area contributed by atoms with Crippen LogP contribution in [0.2, 0.25) is 0 Å². The van der Waals surface area contributed by atoms with Crippen LogP contribution in [0.1, 0.15) is 26.7 Å². The van der Waals surface area contributed by atoms with Crippen LogP contribution in [0.4, 0.5) is 0 Å². The van der Waals surface area contributed by atoms with E-state index in [0.29, 0.717) is 18.6 Å². The van der Waals surface area contributed by atoms with Crippen LogP contribution < -0.4 is 0 Å². The Morgan fingerprint density at radius 3 is 2.79 bits per heavy atom. The maximum atomic E-state index is 11.7. The number of hydrogen-bond donors (Lipinski definition) is 1. The lowest BCUT2D eigenvalue weighted by Gasteiger charge is -2.48. The number of amides is 1. The minimum absolute atomic E-state index is 0.121. The second kappa shape index (κ2) is 5.64. The normalized spacial score (nSPS) is 26.9. The first kappa shape index (κ1) is 13.9. The molecule has 2 heterocycles. The molecule has 19 heavy (non-hydrogen) atoms. The Morgan fingerprint density at radius 1 is 1.47 bits per heavy atom. The van der Waals surface area contributed by atoms with Crippen LogP contribution in [0.15, 0.2) is 11.8 Å². The zero-order valence-corrected chi connectivity index (χ0v) is 11.8. The number of hydrogen-bond acceptors (Lipinski definition) is 5. The third-order valence-electron chi connectivity index (χ3n) is 2.97. The Hall–Kier alpha value is -1.50. The van der Waals surface area contributed by atoms with Crippen LogP contribution >= 0.6 is 11.2 Å². The predicted octanol–water partition coefficient (Wildman–Crippen LogP) is 0.875. The SMILES string of the molecule is CCOC(=O)C1=CC[SH](OC(=O)CC)C2CC(=O)N12. The maximum Gasteiger partial charge on any atom is 0.354 e. The summed E-state index contributed by atoms with van der Waals surface area (Å²) in [6.07, 6.45) is 2.29. The van der Waals surface area contributed by atoms with Gasteiger partial charge in [0.25, 0.3) is 0 Å². The van der Waals surface area contributed by atoms with E-state index in [2.05, 4.69) is 0 Å². The monoisotopic (exact) mass is 287 g/mol. The largest absolute Gasteiger partial charge is 0.461 e. The number of ether oxygens (including phenoxy) is 1. The zero-order chi connectivity index (χ0) is 14.0. The highest BCUT2D eigenvalue weighted by atomic mass is 32.2. The Bertz CT molecular complexity index is 447. The Kier molecular flexibility index (Phi) is 4.14. The molecule has 2 unspecified atom stereocenters. The van der Waals surface area contributed by atoms with E-state index in [1.165, 1.54) is 4.90 Å². The van der Waals surface area contributed by atoms with Crippen molar-refractivity contribution in [1.82, 2.24) is 4.90 Å². The number of thiol groups is 1. The summed E-state index contributed by atoms with van der Waals surface area (Å²) in [6.45, 7) is 3.71. The number of carbonyl (C=O) groups is 3. The van der Waals surface area contributed by atoms with E-state index >= 15 is 0 Å². The molecule has 7 heteroatoms. The molecule has 6 nitrogen and oxygen atoms in total. The van der Waals surface area contributed by atoms with Crippen LogP contribution in [-0.4, -0.2) is 40.5 Å². The first-order valence-corrected chi connectivity index (χ1v) is 7.76. The maximum absolute atomic E-state index is 11.7. The predicted molar refractivity (Wildman–Crippen MR) is 70.2 cm³/mol. The summed E-state index contributed by atoms with van der Waals surface area (Å²) in [6, 6.07) is 0. The molecular weight excluding hydrogens is 270 g/mol. The fourth-order valence-electron chi connectivity index (χ4n) is 2.00. The summed E-state index contributed by atoms with van der Waals surface area (Å²) < 4.78 is 10.3. The van der Waals surface area contributed by atoms with E-state index in [4.69, 9.17) is 8.92 Å². The molecule has 2 aliphatic heterocycles. The van der Waals surface area contributed by atoms with Gasteiger partial charge in [-0.1, -0.05) is 18.1 Å². The van der Waals surface area contributed by atoms with Crippen molar-refractivity contribution in [3.63, 3.8) is 0 Å². The van der Waals surface area contributed by atoms with Crippen molar-refractivity contribution in [3.8, 4) is 0 Å². The van der Waals surface area contributed by atoms with Crippen molar-refractivity contribution in [1.29, 1.82) is 0 Å². The Morgan fingerprint density at radius 2 is 2.21 bits per heavy atom. The van der Waals surface area contributed by atoms with Gasteiger partial charge in [0.2, 0.25) is 5.91 Å². The molecular formula is C12H17NO5S. The first-order valence-electron chi connectivity index (χ1n) is 6.25. The minimum Gasteiger partial charge on any atom is -0.461 e. The average molecular weight is 287 g/mol. The molecule has 2 rings (SSSR count). The average Bonchev–Trinajstić information content (AvgIpc) is 2.38. The quantitative estimate of drug-likeness (QED) is 0.472. The highest BCUT2D eigenvalue weighted by Crippen LogP contribution is 2.48. The molecule has 0 bridgehead atoms. The van der Waals surface area contributed by atoms with E-state index < -0.39 is 17.1 Å². The number of rotatable bonds is 4. The van der Waals surface area contributed by atoms with Gasteiger partial charge in [0.15, 0.2) is 0 Å². The fourth-order valence-corrected chi connectivity index (χ4v) is 4.06. The molecule has 106 valence electrons.